The highest BCUT2D eigenvalue weighted by Crippen LogP contribution is 2.37. The molecule has 1 fully saturated rings. The first-order valence-corrected chi connectivity index (χ1v) is 9.89. The van der Waals surface area contributed by atoms with Crippen molar-refractivity contribution in [2.75, 3.05) is 12.3 Å². The largest absolute Gasteiger partial charge is 0.368 e. The summed E-state index contributed by atoms with van der Waals surface area (Å²) in [5.41, 5.74) is 14.9. The number of hydrogen-bond donors (Lipinski definition) is 2. The lowest BCUT2D eigenvalue weighted by atomic mass is 9.98. The molecule has 2 heterocycles. The van der Waals surface area contributed by atoms with E-state index < -0.39 is 5.91 Å². The number of hydrogen-bond acceptors (Lipinski definition) is 5. The van der Waals surface area contributed by atoms with E-state index in [1.807, 2.05) is 41.3 Å². The number of benzene rings is 2. The lowest BCUT2D eigenvalue weighted by Gasteiger charge is -2.26. The van der Waals surface area contributed by atoms with Crippen molar-refractivity contribution in [3.63, 3.8) is 0 Å². The van der Waals surface area contributed by atoms with E-state index >= 15 is 0 Å². The predicted octanol–water partition coefficient (Wildman–Crippen LogP) is 2.73. The summed E-state index contributed by atoms with van der Waals surface area (Å²) in [4.78, 5) is 35.2. The Kier molecular flexibility index (Phi) is 5.43. The van der Waals surface area contributed by atoms with Crippen LogP contribution in [0.15, 0.2) is 60.8 Å². The maximum atomic E-state index is 13.1. The van der Waals surface area contributed by atoms with Crippen molar-refractivity contribution in [2.24, 2.45) is 5.73 Å². The second-order valence-corrected chi connectivity index (χ2v) is 7.38. The SMILES string of the molecule is NC(=O)c1cccc(-c2cnc(N)nc2C2CCCN2C(=O)Cc2ccccc2)c1. The van der Waals surface area contributed by atoms with E-state index in [1.165, 1.54) is 0 Å². The third-order valence-electron chi connectivity index (χ3n) is 5.38. The number of amides is 2. The van der Waals surface area contributed by atoms with Crippen LogP contribution in [0.4, 0.5) is 5.95 Å². The van der Waals surface area contributed by atoms with Crippen LogP contribution < -0.4 is 11.5 Å². The van der Waals surface area contributed by atoms with Gasteiger partial charge in [0.1, 0.15) is 0 Å². The van der Waals surface area contributed by atoms with E-state index in [4.69, 9.17) is 11.5 Å². The van der Waals surface area contributed by atoms with E-state index in [-0.39, 0.29) is 17.9 Å². The van der Waals surface area contributed by atoms with Gasteiger partial charge in [0.2, 0.25) is 17.8 Å². The van der Waals surface area contributed by atoms with Gasteiger partial charge in [-0.1, -0.05) is 42.5 Å². The number of aromatic nitrogens is 2. The summed E-state index contributed by atoms with van der Waals surface area (Å²) >= 11 is 0. The molecule has 1 aromatic heterocycles. The molecule has 30 heavy (non-hydrogen) atoms. The fourth-order valence-corrected chi connectivity index (χ4v) is 3.95. The smallest absolute Gasteiger partial charge is 0.248 e. The van der Waals surface area contributed by atoms with Crippen molar-refractivity contribution in [3.8, 4) is 11.1 Å². The van der Waals surface area contributed by atoms with Crippen molar-refractivity contribution in [3.05, 3.63) is 77.6 Å². The number of primary amides is 1. The maximum absolute atomic E-state index is 13.1. The molecular weight excluding hydrogens is 378 g/mol. The fourth-order valence-electron chi connectivity index (χ4n) is 3.95. The Hall–Kier alpha value is -3.74. The summed E-state index contributed by atoms with van der Waals surface area (Å²) < 4.78 is 0. The second kappa shape index (κ2) is 8.32. The van der Waals surface area contributed by atoms with Gasteiger partial charge in [-0.15, -0.1) is 0 Å². The Bertz CT molecular complexity index is 1080. The molecule has 4 rings (SSSR count). The van der Waals surface area contributed by atoms with Crippen LogP contribution in [-0.4, -0.2) is 33.2 Å². The molecule has 2 amide bonds. The summed E-state index contributed by atoms with van der Waals surface area (Å²) in [6, 6.07) is 16.5. The van der Waals surface area contributed by atoms with E-state index in [1.54, 1.807) is 24.4 Å². The maximum Gasteiger partial charge on any atom is 0.248 e. The van der Waals surface area contributed by atoms with Gasteiger partial charge in [0.05, 0.1) is 18.2 Å². The van der Waals surface area contributed by atoms with Crippen molar-refractivity contribution in [1.82, 2.24) is 14.9 Å². The average Bonchev–Trinajstić information content (AvgIpc) is 3.24. The number of carbonyl (C=O) groups is 2. The number of anilines is 1. The zero-order valence-corrected chi connectivity index (χ0v) is 16.5. The zero-order chi connectivity index (χ0) is 21.1. The first-order chi connectivity index (χ1) is 14.5. The van der Waals surface area contributed by atoms with E-state index in [9.17, 15) is 9.59 Å². The van der Waals surface area contributed by atoms with Crippen LogP contribution in [0.25, 0.3) is 11.1 Å². The molecule has 7 heteroatoms. The quantitative estimate of drug-likeness (QED) is 0.682. The minimum Gasteiger partial charge on any atom is -0.368 e. The van der Waals surface area contributed by atoms with Gasteiger partial charge in [-0.05, 0) is 36.1 Å². The molecule has 1 aliphatic rings. The third-order valence-corrected chi connectivity index (χ3v) is 5.38. The molecule has 0 saturated carbocycles. The van der Waals surface area contributed by atoms with E-state index in [0.29, 0.717) is 24.2 Å². The Morgan fingerprint density at radius 3 is 2.67 bits per heavy atom. The zero-order valence-electron chi connectivity index (χ0n) is 16.5. The van der Waals surface area contributed by atoms with Crippen molar-refractivity contribution >= 4 is 17.8 Å². The molecule has 0 spiro atoms. The number of nitrogens with zero attached hydrogens (tertiary/aromatic N) is 3. The fraction of sp³-hybridized carbons (Fsp3) is 0.217. The molecule has 7 nitrogen and oxygen atoms in total. The Balaban J connectivity index is 1.69. The average molecular weight is 401 g/mol. The van der Waals surface area contributed by atoms with Gasteiger partial charge >= 0.3 is 0 Å². The Morgan fingerprint density at radius 1 is 1.10 bits per heavy atom. The first kappa shape index (κ1) is 19.6. The first-order valence-electron chi connectivity index (χ1n) is 9.89. The van der Waals surface area contributed by atoms with Crippen LogP contribution in [0.3, 0.4) is 0 Å². The lowest BCUT2D eigenvalue weighted by Crippen LogP contribution is -2.32. The third kappa shape index (κ3) is 4.00. The van der Waals surface area contributed by atoms with Gasteiger partial charge in [-0.3, -0.25) is 9.59 Å². The molecule has 1 atom stereocenters. The van der Waals surface area contributed by atoms with Crippen LogP contribution in [0.1, 0.15) is 40.5 Å². The van der Waals surface area contributed by atoms with Gasteiger partial charge in [0.15, 0.2) is 0 Å². The lowest BCUT2D eigenvalue weighted by molar-refractivity contribution is -0.131. The van der Waals surface area contributed by atoms with Crippen molar-refractivity contribution in [2.45, 2.75) is 25.3 Å². The number of nitrogens with two attached hydrogens (primary N) is 2. The number of nitrogen functional groups attached to an aromatic ring is 1. The minimum absolute atomic E-state index is 0.0534. The van der Waals surface area contributed by atoms with Gasteiger partial charge in [0.25, 0.3) is 0 Å². The molecule has 1 saturated heterocycles. The molecule has 0 bridgehead atoms. The van der Waals surface area contributed by atoms with Gasteiger partial charge in [0, 0.05) is 23.9 Å². The second-order valence-electron chi connectivity index (χ2n) is 7.38. The highest BCUT2D eigenvalue weighted by molar-refractivity contribution is 5.94. The van der Waals surface area contributed by atoms with Gasteiger partial charge in [-0.2, -0.15) is 0 Å². The number of likely N-dealkylation sites (tertiary alicyclic amines) is 1. The van der Waals surface area contributed by atoms with Crippen LogP contribution in [0.5, 0.6) is 0 Å². The van der Waals surface area contributed by atoms with Gasteiger partial charge in [-0.25, -0.2) is 9.97 Å². The molecule has 0 radical (unpaired) electrons. The van der Waals surface area contributed by atoms with Crippen LogP contribution >= 0.6 is 0 Å². The van der Waals surface area contributed by atoms with E-state index in [2.05, 4.69) is 9.97 Å². The molecule has 152 valence electrons. The Labute approximate surface area is 174 Å². The molecule has 4 N–H and O–H groups in total. The minimum atomic E-state index is -0.504. The van der Waals surface area contributed by atoms with Crippen molar-refractivity contribution in [1.29, 1.82) is 0 Å². The molecule has 2 aromatic carbocycles. The van der Waals surface area contributed by atoms with Gasteiger partial charge < -0.3 is 16.4 Å². The highest BCUT2D eigenvalue weighted by atomic mass is 16.2. The monoisotopic (exact) mass is 401 g/mol. The highest BCUT2D eigenvalue weighted by Gasteiger charge is 2.33. The predicted molar refractivity (Wildman–Crippen MR) is 114 cm³/mol. The van der Waals surface area contributed by atoms with Crippen LogP contribution in [-0.2, 0) is 11.2 Å². The Morgan fingerprint density at radius 2 is 1.90 bits per heavy atom. The summed E-state index contributed by atoms with van der Waals surface area (Å²) in [5.74, 6) is -0.296. The summed E-state index contributed by atoms with van der Waals surface area (Å²) in [7, 11) is 0. The molecular formula is C23H23N5O2. The molecule has 3 aromatic rings. The summed E-state index contributed by atoms with van der Waals surface area (Å²) in [6.45, 7) is 0.668. The number of rotatable bonds is 5. The molecule has 0 aliphatic carbocycles. The summed E-state index contributed by atoms with van der Waals surface area (Å²) in [6.07, 6.45) is 3.66. The standard InChI is InChI=1S/C23H23N5O2/c24-22(30)17-9-4-8-16(13-17)18-14-26-23(25)27-21(18)19-10-5-11-28(19)20(29)12-15-6-2-1-3-7-15/h1-4,6-9,13-14,19H,5,10-12H2,(H2,24,30)(H2,25,26,27). The topological polar surface area (TPSA) is 115 Å². The molecule has 1 unspecified atom stereocenters. The number of carbonyl (C=O) groups excluding carboxylic acids is 2. The van der Waals surface area contributed by atoms with Crippen molar-refractivity contribution < 1.29 is 9.59 Å². The van der Waals surface area contributed by atoms with Crippen LogP contribution in [0, 0.1) is 0 Å². The summed E-state index contributed by atoms with van der Waals surface area (Å²) in [5, 5.41) is 0. The normalized spacial score (nSPS) is 15.9. The van der Waals surface area contributed by atoms with E-state index in [0.717, 1.165) is 29.5 Å². The molecule has 1 aliphatic heterocycles. The van der Waals surface area contributed by atoms with Crippen LogP contribution in [0.2, 0.25) is 0 Å².